The molecular formula is C25H26N2O3. The SMILES string of the molecule is C#CC1CCN(Cc2c(OC)cc(C)c3[nH]ccc23)[C@H](c2ccc(C(=O)O)cc2)C1. The number of terminal acetylenes is 1. The number of fused-ring (bicyclic) bond motifs is 1. The minimum Gasteiger partial charge on any atom is -0.496 e. The Bertz CT molecular complexity index is 1110. The number of carboxylic acid groups (broad SMARTS) is 1. The van der Waals surface area contributed by atoms with Crippen LogP contribution in [0.1, 0.15) is 45.9 Å². The molecule has 2 aromatic carbocycles. The lowest BCUT2D eigenvalue weighted by Gasteiger charge is -2.39. The summed E-state index contributed by atoms with van der Waals surface area (Å²) < 4.78 is 5.73. The van der Waals surface area contributed by atoms with Crippen LogP contribution in [-0.2, 0) is 6.54 Å². The van der Waals surface area contributed by atoms with Gasteiger partial charge in [-0.15, -0.1) is 12.3 Å². The molecule has 2 heterocycles. The first kappa shape index (κ1) is 20.1. The Labute approximate surface area is 176 Å². The van der Waals surface area contributed by atoms with E-state index in [1.165, 1.54) is 5.39 Å². The Morgan fingerprint density at radius 1 is 1.33 bits per heavy atom. The van der Waals surface area contributed by atoms with Crippen LogP contribution < -0.4 is 4.74 Å². The Kier molecular flexibility index (Phi) is 5.52. The summed E-state index contributed by atoms with van der Waals surface area (Å²) in [6.45, 7) is 3.69. The third-order valence-corrected chi connectivity index (χ3v) is 6.18. The van der Waals surface area contributed by atoms with E-state index >= 15 is 0 Å². The van der Waals surface area contributed by atoms with Gasteiger partial charge in [0.2, 0.25) is 0 Å². The van der Waals surface area contributed by atoms with Gasteiger partial charge in [-0.25, -0.2) is 4.79 Å². The van der Waals surface area contributed by atoms with Crippen LogP contribution in [0.2, 0.25) is 0 Å². The fourth-order valence-electron chi connectivity index (χ4n) is 4.53. The summed E-state index contributed by atoms with van der Waals surface area (Å²) in [6, 6.07) is 11.5. The van der Waals surface area contributed by atoms with Crippen molar-refractivity contribution in [3.05, 3.63) is 64.8 Å². The van der Waals surface area contributed by atoms with Crippen LogP contribution >= 0.6 is 0 Å². The van der Waals surface area contributed by atoms with E-state index in [1.807, 2.05) is 18.3 Å². The Morgan fingerprint density at radius 2 is 2.10 bits per heavy atom. The zero-order valence-electron chi connectivity index (χ0n) is 17.3. The van der Waals surface area contributed by atoms with Crippen LogP contribution in [0.3, 0.4) is 0 Å². The lowest BCUT2D eigenvalue weighted by atomic mass is 9.86. The van der Waals surface area contributed by atoms with Gasteiger partial charge in [0.25, 0.3) is 0 Å². The number of likely N-dealkylation sites (tertiary alicyclic amines) is 1. The summed E-state index contributed by atoms with van der Waals surface area (Å²) in [4.78, 5) is 17.0. The van der Waals surface area contributed by atoms with Gasteiger partial charge in [-0.1, -0.05) is 12.1 Å². The van der Waals surface area contributed by atoms with E-state index in [-0.39, 0.29) is 12.0 Å². The number of carboxylic acids is 1. The molecule has 154 valence electrons. The molecule has 0 spiro atoms. The van der Waals surface area contributed by atoms with Crippen molar-refractivity contribution < 1.29 is 14.6 Å². The molecule has 1 aromatic heterocycles. The number of piperidine rings is 1. The normalized spacial score (nSPS) is 19.5. The number of rotatable bonds is 5. The number of nitrogens with zero attached hydrogens (tertiary/aromatic N) is 1. The molecule has 1 fully saturated rings. The van der Waals surface area contributed by atoms with E-state index in [9.17, 15) is 9.90 Å². The van der Waals surface area contributed by atoms with Crippen LogP contribution in [0.15, 0.2) is 42.6 Å². The van der Waals surface area contributed by atoms with Gasteiger partial charge in [0, 0.05) is 47.7 Å². The molecule has 2 N–H and O–H groups in total. The summed E-state index contributed by atoms with van der Waals surface area (Å²) in [5, 5.41) is 10.4. The molecule has 5 heteroatoms. The third kappa shape index (κ3) is 3.67. The zero-order valence-corrected chi connectivity index (χ0v) is 17.3. The first-order chi connectivity index (χ1) is 14.5. The van der Waals surface area contributed by atoms with E-state index in [1.54, 1.807) is 19.2 Å². The van der Waals surface area contributed by atoms with Crippen molar-refractivity contribution in [2.75, 3.05) is 13.7 Å². The number of aryl methyl sites for hydroxylation is 1. The highest BCUT2D eigenvalue weighted by Crippen LogP contribution is 2.38. The first-order valence-electron chi connectivity index (χ1n) is 10.2. The van der Waals surface area contributed by atoms with E-state index in [0.717, 1.165) is 53.9 Å². The van der Waals surface area contributed by atoms with Crippen molar-refractivity contribution in [3.8, 4) is 18.1 Å². The van der Waals surface area contributed by atoms with Gasteiger partial charge in [-0.2, -0.15) is 0 Å². The predicted octanol–water partition coefficient (Wildman–Crippen LogP) is 4.77. The number of nitrogens with one attached hydrogen (secondary N) is 1. The first-order valence-corrected chi connectivity index (χ1v) is 10.2. The van der Waals surface area contributed by atoms with Crippen molar-refractivity contribution in [1.82, 2.24) is 9.88 Å². The minimum absolute atomic E-state index is 0.127. The van der Waals surface area contributed by atoms with Crippen molar-refractivity contribution in [2.45, 2.75) is 32.4 Å². The Balaban J connectivity index is 1.71. The van der Waals surface area contributed by atoms with Crippen LogP contribution in [0, 0.1) is 25.2 Å². The van der Waals surface area contributed by atoms with E-state index in [2.05, 4.69) is 34.9 Å². The van der Waals surface area contributed by atoms with Gasteiger partial charge in [0.1, 0.15) is 5.75 Å². The monoisotopic (exact) mass is 402 g/mol. The van der Waals surface area contributed by atoms with Gasteiger partial charge >= 0.3 is 5.97 Å². The van der Waals surface area contributed by atoms with Gasteiger partial charge in [0.05, 0.1) is 12.7 Å². The highest BCUT2D eigenvalue weighted by Gasteiger charge is 2.30. The highest BCUT2D eigenvalue weighted by atomic mass is 16.5. The number of hydrogen-bond donors (Lipinski definition) is 2. The molecule has 0 bridgehead atoms. The average molecular weight is 402 g/mol. The third-order valence-electron chi connectivity index (χ3n) is 6.18. The molecule has 1 aliphatic rings. The predicted molar refractivity (Wildman–Crippen MR) is 118 cm³/mol. The zero-order chi connectivity index (χ0) is 21.3. The van der Waals surface area contributed by atoms with Crippen molar-refractivity contribution in [1.29, 1.82) is 0 Å². The Hall–Kier alpha value is -3.23. The van der Waals surface area contributed by atoms with Gasteiger partial charge < -0.3 is 14.8 Å². The van der Waals surface area contributed by atoms with Crippen molar-refractivity contribution in [3.63, 3.8) is 0 Å². The number of H-pyrrole nitrogens is 1. The van der Waals surface area contributed by atoms with Crippen LogP contribution in [-0.4, -0.2) is 34.6 Å². The van der Waals surface area contributed by atoms with Crippen LogP contribution in [0.25, 0.3) is 10.9 Å². The number of ether oxygens (including phenoxy) is 1. The minimum atomic E-state index is -0.914. The largest absolute Gasteiger partial charge is 0.496 e. The lowest BCUT2D eigenvalue weighted by molar-refractivity contribution is 0.0696. The van der Waals surface area contributed by atoms with E-state index in [4.69, 9.17) is 11.2 Å². The highest BCUT2D eigenvalue weighted by molar-refractivity contribution is 5.88. The molecule has 30 heavy (non-hydrogen) atoms. The second kappa shape index (κ2) is 8.25. The van der Waals surface area contributed by atoms with Gasteiger partial charge in [-0.3, -0.25) is 4.90 Å². The maximum absolute atomic E-state index is 11.2. The second-order valence-corrected chi connectivity index (χ2v) is 7.94. The molecule has 0 saturated carbocycles. The molecule has 0 amide bonds. The summed E-state index contributed by atoms with van der Waals surface area (Å²) in [5.74, 6) is 3.12. The molecule has 3 aromatic rings. The molecule has 1 aliphatic heterocycles. The fourth-order valence-corrected chi connectivity index (χ4v) is 4.53. The second-order valence-electron chi connectivity index (χ2n) is 7.94. The van der Waals surface area contributed by atoms with Gasteiger partial charge in [-0.05, 0) is 55.2 Å². The summed E-state index contributed by atoms with van der Waals surface area (Å²) >= 11 is 0. The molecule has 5 nitrogen and oxygen atoms in total. The smallest absolute Gasteiger partial charge is 0.335 e. The van der Waals surface area contributed by atoms with Crippen LogP contribution in [0.5, 0.6) is 5.75 Å². The average Bonchev–Trinajstić information content (AvgIpc) is 3.26. The Morgan fingerprint density at radius 3 is 2.77 bits per heavy atom. The molecule has 0 radical (unpaired) electrons. The number of aromatic amines is 1. The topological polar surface area (TPSA) is 65.6 Å². The number of aromatic nitrogens is 1. The van der Waals surface area contributed by atoms with Gasteiger partial charge in [0.15, 0.2) is 0 Å². The summed E-state index contributed by atoms with van der Waals surface area (Å²) in [5.41, 5.74) is 4.83. The van der Waals surface area contributed by atoms with E-state index < -0.39 is 5.97 Å². The molecule has 0 aliphatic carbocycles. The fraction of sp³-hybridized carbons (Fsp3) is 0.320. The lowest BCUT2D eigenvalue weighted by Crippen LogP contribution is -2.36. The van der Waals surface area contributed by atoms with E-state index in [0.29, 0.717) is 5.56 Å². The summed E-state index contributed by atoms with van der Waals surface area (Å²) in [7, 11) is 1.71. The number of methoxy groups -OCH3 is 1. The maximum Gasteiger partial charge on any atom is 0.335 e. The number of aromatic carboxylic acids is 1. The molecule has 1 unspecified atom stereocenters. The number of benzene rings is 2. The van der Waals surface area contributed by atoms with Crippen molar-refractivity contribution in [2.24, 2.45) is 5.92 Å². The quantitative estimate of drug-likeness (QED) is 0.604. The number of carbonyl (C=O) groups is 1. The van der Waals surface area contributed by atoms with Crippen LogP contribution in [0.4, 0.5) is 0 Å². The standard InChI is InChI=1S/C25H26N2O3/c1-4-17-10-12-27(22(14-17)18-5-7-19(8-6-18)25(28)29)15-21-20-9-11-26-24(20)16(2)13-23(21)30-3/h1,5-9,11,13,17,22,26H,10,12,14-15H2,2-3H3,(H,28,29)/t17?,22-/m0/s1. The molecule has 2 atom stereocenters. The molecule has 1 saturated heterocycles. The molecular weight excluding hydrogens is 376 g/mol. The maximum atomic E-state index is 11.2. The number of hydrogen-bond acceptors (Lipinski definition) is 3. The van der Waals surface area contributed by atoms with Crippen molar-refractivity contribution >= 4 is 16.9 Å². The molecule has 4 rings (SSSR count). The summed E-state index contributed by atoms with van der Waals surface area (Å²) in [6.07, 6.45) is 9.53.